The van der Waals surface area contributed by atoms with Gasteiger partial charge in [0.05, 0.1) is 5.56 Å². The monoisotopic (exact) mass is 226 g/mol. The van der Waals surface area contributed by atoms with Crippen molar-refractivity contribution in [3.8, 4) is 11.1 Å². The van der Waals surface area contributed by atoms with Crippen molar-refractivity contribution in [2.24, 2.45) is 0 Å². The van der Waals surface area contributed by atoms with Crippen LogP contribution < -0.4 is 0 Å². The highest BCUT2D eigenvalue weighted by Crippen LogP contribution is 2.25. The van der Waals surface area contributed by atoms with Gasteiger partial charge in [-0.25, -0.2) is 4.79 Å². The van der Waals surface area contributed by atoms with Gasteiger partial charge in [0.25, 0.3) is 0 Å². The van der Waals surface area contributed by atoms with E-state index in [1.54, 1.807) is 6.07 Å². The molecule has 0 aliphatic carbocycles. The van der Waals surface area contributed by atoms with E-state index in [-0.39, 0.29) is 0 Å². The average Bonchev–Trinajstić information content (AvgIpc) is 2.39. The van der Waals surface area contributed by atoms with Crippen LogP contribution in [0.3, 0.4) is 0 Å². The molecule has 2 aromatic rings. The minimum absolute atomic E-state index is 0.355. The molecule has 17 heavy (non-hydrogen) atoms. The molecule has 2 heteroatoms. The Hall–Kier alpha value is -2.09. The minimum atomic E-state index is -0.883. The van der Waals surface area contributed by atoms with Gasteiger partial charge >= 0.3 is 5.97 Å². The number of carboxylic acid groups (broad SMARTS) is 1. The molecule has 0 heterocycles. The zero-order valence-electron chi connectivity index (χ0n) is 9.68. The summed E-state index contributed by atoms with van der Waals surface area (Å²) >= 11 is 0. The third-order valence-corrected chi connectivity index (χ3v) is 2.81. The normalized spacial score (nSPS) is 10.2. The maximum absolute atomic E-state index is 11.2. The second kappa shape index (κ2) is 4.83. The summed E-state index contributed by atoms with van der Waals surface area (Å²) < 4.78 is 0. The van der Waals surface area contributed by atoms with Crippen molar-refractivity contribution >= 4 is 5.97 Å². The Morgan fingerprint density at radius 1 is 1.12 bits per heavy atom. The lowest BCUT2D eigenvalue weighted by Gasteiger charge is -2.08. The zero-order chi connectivity index (χ0) is 12.3. The molecule has 0 radical (unpaired) electrons. The Morgan fingerprint density at radius 3 is 2.41 bits per heavy atom. The van der Waals surface area contributed by atoms with Gasteiger partial charge in [0.1, 0.15) is 0 Å². The number of hydrogen-bond donors (Lipinski definition) is 1. The first-order chi connectivity index (χ1) is 8.22. The Labute approximate surface area is 101 Å². The van der Waals surface area contributed by atoms with Crippen molar-refractivity contribution in [1.82, 2.24) is 0 Å². The van der Waals surface area contributed by atoms with E-state index >= 15 is 0 Å². The molecule has 0 unspecified atom stereocenters. The molecule has 2 nitrogen and oxygen atoms in total. The lowest BCUT2D eigenvalue weighted by molar-refractivity contribution is 0.0697. The maximum atomic E-state index is 11.2. The summed E-state index contributed by atoms with van der Waals surface area (Å²) in [5, 5.41) is 9.19. The third kappa shape index (κ3) is 2.36. The van der Waals surface area contributed by atoms with Crippen LogP contribution in [0.25, 0.3) is 11.1 Å². The van der Waals surface area contributed by atoms with E-state index in [9.17, 15) is 9.90 Å². The van der Waals surface area contributed by atoms with Gasteiger partial charge in [0.2, 0.25) is 0 Å². The van der Waals surface area contributed by atoms with Gasteiger partial charge < -0.3 is 5.11 Å². The van der Waals surface area contributed by atoms with Crippen LogP contribution >= 0.6 is 0 Å². The second-order valence-corrected chi connectivity index (χ2v) is 3.90. The molecule has 0 aromatic heterocycles. The first-order valence-electron chi connectivity index (χ1n) is 5.64. The van der Waals surface area contributed by atoms with E-state index in [4.69, 9.17) is 0 Å². The largest absolute Gasteiger partial charge is 0.478 e. The summed E-state index contributed by atoms with van der Waals surface area (Å²) in [7, 11) is 0. The Bertz CT molecular complexity index is 530. The molecule has 1 N–H and O–H groups in total. The lowest BCUT2D eigenvalue weighted by Crippen LogP contribution is -2.00. The van der Waals surface area contributed by atoms with E-state index in [0.29, 0.717) is 5.56 Å². The van der Waals surface area contributed by atoms with E-state index in [1.807, 2.05) is 42.5 Å². The maximum Gasteiger partial charge on any atom is 0.336 e. The molecule has 0 saturated carbocycles. The van der Waals surface area contributed by atoms with E-state index in [2.05, 4.69) is 6.92 Å². The van der Waals surface area contributed by atoms with Crippen molar-refractivity contribution in [3.63, 3.8) is 0 Å². The van der Waals surface area contributed by atoms with Gasteiger partial charge in [0, 0.05) is 0 Å². The molecule has 0 amide bonds. The Kier molecular flexibility index (Phi) is 3.24. The summed E-state index contributed by atoms with van der Waals surface area (Å²) in [6.45, 7) is 2.06. The summed E-state index contributed by atoms with van der Waals surface area (Å²) in [6.07, 6.45) is 0.903. The third-order valence-electron chi connectivity index (χ3n) is 2.81. The van der Waals surface area contributed by atoms with E-state index in [1.165, 1.54) is 0 Å². The molecule has 0 spiro atoms. The van der Waals surface area contributed by atoms with Crippen LogP contribution in [0.2, 0.25) is 0 Å². The van der Waals surface area contributed by atoms with Crippen LogP contribution in [0, 0.1) is 0 Å². The molecule has 0 bridgehead atoms. The molecule has 0 saturated heterocycles. The predicted molar refractivity (Wildman–Crippen MR) is 68.2 cm³/mol. The summed E-state index contributed by atoms with van der Waals surface area (Å²) in [4.78, 5) is 11.2. The van der Waals surface area contributed by atoms with Gasteiger partial charge in [-0.3, -0.25) is 0 Å². The smallest absolute Gasteiger partial charge is 0.336 e. The fourth-order valence-electron chi connectivity index (χ4n) is 1.85. The highest BCUT2D eigenvalue weighted by Gasteiger charge is 2.11. The molecular weight excluding hydrogens is 212 g/mol. The van der Waals surface area contributed by atoms with Crippen molar-refractivity contribution in [2.45, 2.75) is 13.3 Å². The molecule has 2 rings (SSSR count). The second-order valence-electron chi connectivity index (χ2n) is 3.90. The predicted octanol–water partition coefficient (Wildman–Crippen LogP) is 3.61. The Balaban J connectivity index is 2.61. The van der Waals surface area contributed by atoms with Crippen LogP contribution in [0.1, 0.15) is 22.8 Å². The molecule has 2 aromatic carbocycles. The van der Waals surface area contributed by atoms with E-state index < -0.39 is 5.97 Å². The highest BCUT2D eigenvalue weighted by molar-refractivity contribution is 5.96. The van der Waals surface area contributed by atoms with Gasteiger partial charge in [0.15, 0.2) is 0 Å². The first-order valence-corrected chi connectivity index (χ1v) is 5.64. The van der Waals surface area contributed by atoms with Gasteiger partial charge in [-0.15, -0.1) is 0 Å². The summed E-state index contributed by atoms with van der Waals surface area (Å²) in [5.74, 6) is -0.883. The van der Waals surface area contributed by atoms with Crippen molar-refractivity contribution in [1.29, 1.82) is 0 Å². The van der Waals surface area contributed by atoms with E-state index in [0.717, 1.165) is 23.1 Å². The fraction of sp³-hybridized carbons (Fsp3) is 0.133. The molecule has 86 valence electrons. The highest BCUT2D eigenvalue weighted by atomic mass is 16.4. The SMILES string of the molecule is CCc1ccc(C(=O)O)c(-c2ccccc2)c1. The van der Waals surface area contributed by atoms with Gasteiger partial charge in [-0.1, -0.05) is 49.4 Å². The molecule has 0 atom stereocenters. The number of benzene rings is 2. The summed E-state index contributed by atoms with van der Waals surface area (Å²) in [5.41, 5.74) is 3.24. The number of aryl methyl sites for hydroxylation is 1. The van der Waals surface area contributed by atoms with Crippen LogP contribution in [0.15, 0.2) is 48.5 Å². The average molecular weight is 226 g/mol. The van der Waals surface area contributed by atoms with Gasteiger partial charge in [-0.05, 0) is 29.2 Å². The molecule has 0 fully saturated rings. The number of carbonyl (C=O) groups is 1. The number of rotatable bonds is 3. The molecular formula is C15H14O2. The lowest BCUT2D eigenvalue weighted by atomic mass is 9.96. The Morgan fingerprint density at radius 2 is 1.82 bits per heavy atom. The van der Waals surface area contributed by atoms with Crippen LogP contribution in [-0.2, 0) is 6.42 Å². The molecule has 0 aliphatic rings. The number of hydrogen-bond acceptors (Lipinski definition) is 1. The van der Waals surface area contributed by atoms with Crippen molar-refractivity contribution < 1.29 is 9.90 Å². The quantitative estimate of drug-likeness (QED) is 0.868. The summed E-state index contributed by atoms with van der Waals surface area (Å²) in [6, 6.07) is 15.1. The topological polar surface area (TPSA) is 37.3 Å². The number of carboxylic acids is 1. The minimum Gasteiger partial charge on any atom is -0.478 e. The number of aromatic carboxylic acids is 1. The van der Waals surface area contributed by atoms with Gasteiger partial charge in [-0.2, -0.15) is 0 Å². The molecule has 0 aliphatic heterocycles. The van der Waals surface area contributed by atoms with Crippen LogP contribution in [0.4, 0.5) is 0 Å². The standard InChI is InChI=1S/C15H14O2/c1-2-11-8-9-13(15(16)17)14(10-11)12-6-4-3-5-7-12/h3-10H,2H2,1H3,(H,16,17). The van der Waals surface area contributed by atoms with Crippen molar-refractivity contribution in [3.05, 3.63) is 59.7 Å². The fourth-order valence-corrected chi connectivity index (χ4v) is 1.85. The first kappa shape index (κ1) is 11.4. The van der Waals surface area contributed by atoms with Crippen LogP contribution in [0.5, 0.6) is 0 Å². The zero-order valence-corrected chi connectivity index (χ0v) is 9.68. The van der Waals surface area contributed by atoms with Crippen molar-refractivity contribution in [2.75, 3.05) is 0 Å². The van der Waals surface area contributed by atoms with Crippen LogP contribution in [-0.4, -0.2) is 11.1 Å².